The third-order valence-corrected chi connectivity index (χ3v) is 3.61. The molecule has 0 saturated carbocycles. The van der Waals surface area contributed by atoms with Crippen LogP contribution in [0.5, 0.6) is 0 Å². The van der Waals surface area contributed by atoms with Gasteiger partial charge in [0.05, 0.1) is 11.9 Å². The number of rotatable bonds is 3. The number of likely N-dealkylation sites (N-methyl/N-ethyl adjacent to an activating group) is 1. The number of hydrogen-bond acceptors (Lipinski definition) is 5. The molecule has 104 valence electrons. The first-order valence-electron chi connectivity index (χ1n) is 6.47. The summed E-state index contributed by atoms with van der Waals surface area (Å²) in [5.74, 6) is 0.0383. The average Bonchev–Trinajstić information content (AvgIpc) is 2.46. The van der Waals surface area contributed by atoms with E-state index in [-0.39, 0.29) is 5.84 Å². The molecule has 6 heteroatoms. The summed E-state index contributed by atoms with van der Waals surface area (Å²) in [6.07, 6.45) is 4.20. The van der Waals surface area contributed by atoms with Crippen LogP contribution < -0.4 is 10.6 Å². The summed E-state index contributed by atoms with van der Waals surface area (Å²) in [6.45, 7) is 2.06. The number of anilines is 1. The number of piperidine rings is 1. The van der Waals surface area contributed by atoms with Crippen molar-refractivity contribution in [3.05, 3.63) is 24.0 Å². The van der Waals surface area contributed by atoms with Gasteiger partial charge in [0.25, 0.3) is 0 Å². The Bertz CT molecular complexity index is 443. The minimum atomic E-state index is 0.0383. The van der Waals surface area contributed by atoms with Gasteiger partial charge in [-0.25, -0.2) is 0 Å². The van der Waals surface area contributed by atoms with Crippen molar-refractivity contribution in [3.8, 4) is 0 Å². The zero-order chi connectivity index (χ0) is 13.8. The maximum Gasteiger partial charge on any atom is 0.188 e. The molecular formula is C13H21N5O. The second-order valence-corrected chi connectivity index (χ2v) is 5.09. The molecule has 19 heavy (non-hydrogen) atoms. The monoisotopic (exact) mass is 263 g/mol. The Morgan fingerprint density at radius 3 is 2.89 bits per heavy atom. The van der Waals surface area contributed by atoms with Crippen LogP contribution >= 0.6 is 0 Å². The topological polar surface area (TPSA) is 78.0 Å². The first-order valence-corrected chi connectivity index (χ1v) is 6.47. The van der Waals surface area contributed by atoms with Crippen molar-refractivity contribution < 1.29 is 5.21 Å². The molecule has 1 unspecified atom stereocenters. The van der Waals surface area contributed by atoms with Crippen molar-refractivity contribution in [2.75, 3.05) is 32.1 Å². The van der Waals surface area contributed by atoms with Gasteiger partial charge in [0, 0.05) is 19.1 Å². The fourth-order valence-electron chi connectivity index (χ4n) is 2.39. The number of pyridine rings is 1. The number of nitrogens with zero attached hydrogens (tertiary/aromatic N) is 4. The summed E-state index contributed by atoms with van der Waals surface area (Å²) in [7, 11) is 4.24. The molecule has 1 fully saturated rings. The molecule has 2 heterocycles. The Morgan fingerprint density at radius 1 is 1.53 bits per heavy atom. The van der Waals surface area contributed by atoms with E-state index >= 15 is 0 Å². The second kappa shape index (κ2) is 5.88. The highest BCUT2D eigenvalue weighted by Gasteiger charge is 2.21. The lowest BCUT2D eigenvalue weighted by Gasteiger charge is -2.37. The Kier molecular flexibility index (Phi) is 4.21. The molecular weight excluding hydrogens is 242 g/mol. The van der Waals surface area contributed by atoms with Crippen LogP contribution in [-0.2, 0) is 0 Å². The Labute approximate surface area is 113 Å². The fraction of sp³-hybridized carbons (Fsp3) is 0.538. The molecule has 0 spiro atoms. The molecule has 3 N–H and O–H groups in total. The highest BCUT2D eigenvalue weighted by atomic mass is 16.4. The van der Waals surface area contributed by atoms with Crippen LogP contribution in [0.2, 0.25) is 0 Å². The van der Waals surface area contributed by atoms with E-state index in [1.165, 1.54) is 12.8 Å². The normalized spacial score (nSPS) is 20.9. The van der Waals surface area contributed by atoms with Gasteiger partial charge in [-0.3, -0.25) is 4.98 Å². The largest absolute Gasteiger partial charge is 0.409 e. The molecule has 0 radical (unpaired) electrons. The van der Waals surface area contributed by atoms with Crippen molar-refractivity contribution >= 4 is 11.5 Å². The van der Waals surface area contributed by atoms with Gasteiger partial charge >= 0.3 is 0 Å². The summed E-state index contributed by atoms with van der Waals surface area (Å²) >= 11 is 0. The minimum Gasteiger partial charge on any atom is -0.409 e. The maximum absolute atomic E-state index is 8.61. The molecule has 0 aliphatic carbocycles. The van der Waals surface area contributed by atoms with E-state index in [0.29, 0.717) is 11.7 Å². The summed E-state index contributed by atoms with van der Waals surface area (Å²) in [4.78, 5) is 8.82. The van der Waals surface area contributed by atoms with Crippen LogP contribution in [0.15, 0.2) is 23.5 Å². The average molecular weight is 263 g/mol. The standard InChI is InChI=1S/C13H21N5O/c1-17(2)11-4-3-7-18(9-11)10-5-6-12(15-8-10)13(14)16-19/h5-6,8,11,19H,3-4,7,9H2,1-2H3,(H2,14,16). The zero-order valence-electron chi connectivity index (χ0n) is 11.5. The molecule has 1 aliphatic heterocycles. The van der Waals surface area contributed by atoms with Crippen molar-refractivity contribution in [1.29, 1.82) is 0 Å². The minimum absolute atomic E-state index is 0.0383. The van der Waals surface area contributed by atoms with E-state index in [9.17, 15) is 0 Å². The Morgan fingerprint density at radius 2 is 2.32 bits per heavy atom. The first kappa shape index (κ1) is 13.6. The number of nitrogens with two attached hydrogens (primary N) is 1. The number of hydrogen-bond donors (Lipinski definition) is 2. The predicted octanol–water partition coefficient (Wildman–Crippen LogP) is 0.707. The number of oxime groups is 1. The summed E-state index contributed by atoms with van der Waals surface area (Å²) in [5.41, 5.74) is 7.08. The van der Waals surface area contributed by atoms with Crippen molar-refractivity contribution in [2.45, 2.75) is 18.9 Å². The van der Waals surface area contributed by atoms with Gasteiger partial charge in [0.1, 0.15) is 5.69 Å². The lowest BCUT2D eigenvalue weighted by atomic mass is 10.0. The van der Waals surface area contributed by atoms with Crippen LogP contribution in [0.4, 0.5) is 5.69 Å². The van der Waals surface area contributed by atoms with E-state index in [1.807, 2.05) is 6.07 Å². The maximum atomic E-state index is 8.61. The third-order valence-electron chi connectivity index (χ3n) is 3.61. The molecule has 1 aliphatic rings. The predicted molar refractivity (Wildman–Crippen MR) is 75.7 cm³/mol. The molecule has 1 saturated heterocycles. The highest BCUT2D eigenvalue weighted by Crippen LogP contribution is 2.21. The van der Waals surface area contributed by atoms with Crippen molar-refractivity contribution in [3.63, 3.8) is 0 Å². The summed E-state index contributed by atoms with van der Waals surface area (Å²) in [6, 6.07) is 4.33. The zero-order valence-corrected chi connectivity index (χ0v) is 11.5. The number of aromatic nitrogens is 1. The molecule has 1 atom stereocenters. The molecule has 0 bridgehead atoms. The molecule has 1 aromatic heterocycles. The van der Waals surface area contributed by atoms with Gasteiger partial charge in [0.15, 0.2) is 5.84 Å². The third kappa shape index (κ3) is 3.14. The molecule has 1 aromatic rings. The van der Waals surface area contributed by atoms with Gasteiger partial charge in [-0.1, -0.05) is 5.16 Å². The van der Waals surface area contributed by atoms with E-state index < -0.39 is 0 Å². The van der Waals surface area contributed by atoms with Crippen molar-refractivity contribution in [2.24, 2.45) is 10.9 Å². The SMILES string of the molecule is CN(C)C1CCCN(c2ccc(/C(N)=N/O)nc2)C1. The van der Waals surface area contributed by atoms with Gasteiger partial charge in [-0.15, -0.1) is 0 Å². The highest BCUT2D eigenvalue weighted by molar-refractivity contribution is 5.95. The Hall–Kier alpha value is -1.82. The summed E-state index contributed by atoms with van der Waals surface area (Å²) in [5, 5.41) is 11.6. The van der Waals surface area contributed by atoms with E-state index in [2.05, 4.69) is 34.0 Å². The number of amidine groups is 1. The van der Waals surface area contributed by atoms with E-state index in [1.54, 1.807) is 12.3 Å². The van der Waals surface area contributed by atoms with Crippen molar-refractivity contribution in [1.82, 2.24) is 9.88 Å². The van der Waals surface area contributed by atoms with Crippen LogP contribution in [0.1, 0.15) is 18.5 Å². The second-order valence-electron chi connectivity index (χ2n) is 5.09. The quantitative estimate of drug-likeness (QED) is 0.363. The fourth-order valence-corrected chi connectivity index (χ4v) is 2.39. The smallest absolute Gasteiger partial charge is 0.188 e. The van der Waals surface area contributed by atoms with Gasteiger partial charge in [0.2, 0.25) is 0 Å². The lowest BCUT2D eigenvalue weighted by Crippen LogP contribution is -2.45. The molecule has 0 amide bonds. The van der Waals surface area contributed by atoms with Gasteiger partial charge < -0.3 is 20.7 Å². The lowest BCUT2D eigenvalue weighted by molar-refractivity contribution is 0.258. The van der Waals surface area contributed by atoms with Crippen LogP contribution in [-0.4, -0.2) is 54.2 Å². The van der Waals surface area contributed by atoms with Crippen LogP contribution in [0.3, 0.4) is 0 Å². The van der Waals surface area contributed by atoms with E-state index in [0.717, 1.165) is 18.8 Å². The Balaban J connectivity index is 2.09. The molecule has 6 nitrogen and oxygen atoms in total. The van der Waals surface area contributed by atoms with Gasteiger partial charge in [-0.05, 0) is 39.1 Å². The van der Waals surface area contributed by atoms with Gasteiger partial charge in [-0.2, -0.15) is 0 Å². The molecule has 2 rings (SSSR count). The first-order chi connectivity index (χ1) is 9.11. The van der Waals surface area contributed by atoms with Crippen LogP contribution in [0.25, 0.3) is 0 Å². The van der Waals surface area contributed by atoms with E-state index in [4.69, 9.17) is 10.9 Å². The van der Waals surface area contributed by atoms with Crippen LogP contribution in [0, 0.1) is 0 Å². The molecule has 0 aromatic carbocycles. The summed E-state index contributed by atoms with van der Waals surface area (Å²) < 4.78 is 0.